The lowest BCUT2D eigenvalue weighted by molar-refractivity contribution is 0.0367. The summed E-state index contributed by atoms with van der Waals surface area (Å²) in [6, 6.07) is 12.1. The van der Waals surface area contributed by atoms with Gasteiger partial charge in [0.05, 0.1) is 30.5 Å². The highest BCUT2D eigenvalue weighted by Crippen LogP contribution is 2.38. The molecule has 0 saturated carbocycles. The van der Waals surface area contributed by atoms with Crippen LogP contribution in [0.1, 0.15) is 16.9 Å². The number of rotatable bonds is 6. The minimum Gasteiger partial charge on any atom is -0.497 e. The summed E-state index contributed by atoms with van der Waals surface area (Å²) in [7, 11) is 1.67. The van der Waals surface area contributed by atoms with Gasteiger partial charge in [0.25, 0.3) is 5.91 Å². The number of benzene rings is 1. The molecule has 0 aliphatic carbocycles. The molecule has 0 radical (unpaired) electrons. The van der Waals surface area contributed by atoms with Crippen molar-refractivity contribution >= 4 is 44.8 Å². The first-order chi connectivity index (χ1) is 14.7. The zero-order valence-corrected chi connectivity index (χ0v) is 18.4. The van der Waals surface area contributed by atoms with E-state index in [1.807, 2.05) is 28.8 Å². The summed E-state index contributed by atoms with van der Waals surface area (Å²) in [5.41, 5.74) is 2.77. The molecule has 0 bridgehead atoms. The number of hydrogen-bond donors (Lipinski definition) is 0. The van der Waals surface area contributed by atoms with E-state index in [9.17, 15) is 4.79 Å². The van der Waals surface area contributed by atoms with Crippen molar-refractivity contribution in [1.29, 1.82) is 0 Å². The molecule has 1 amide bonds. The Morgan fingerprint density at radius 3 is 2.80 bits per heavy atom. The molecule has 8 heteroatoms. The van der Waals surface area contributed by atoms with Crippen LogP contribution in [0.5, 0.6) is 5.75 Å². The summed E-state index contributed by atoms with van der Waals surface area (Å²) in [6.07, 6.45) is 0.901. The maximum absolute atomic E-state index is 13.0. The van der Waals surface area contributed by atoms with E-state index < -0.39 is 0 Å². The van der Waals surface area contributed by atoms with E-state index in [2.05, 4.69) is 17.0 Å². The molecule has 0 N–H and O–H groups in total. The van der Waals surface area contributed by atoms with Gasteiger partial charge in [-0.25, -0.2) is 0 Å². The number of thiophene rings is 1. The Bertz CT molecular complexity index is 1110. The molecule has 1 fully saturated rings. The van der Waals surface area contributed by atoms with Gasteiger partial charge in [0.1, 0.15) is 11.4 Å². The monoisotopic (exact) mass is 441 g/mol. The Kier molecular flexibility index (Phi) is 5.32. The molecule has 2 aromatic heterocycles. The van der Waals surface area contributed by atoms with E-state index in [4.69, 9.17) is 21.7 Å². The zero-order chi connectivity index (χ0) is 20.7. The van der Waals surface area contributed by atoms with Gasteiger partial charge in [0.2, 0.25) is 0 Å². The quantitative estimate of drug-likeness (QED) is 0.546. The lowest BCUT2D eigenvalue weighted by Crippen LogP contribution is -2.39. The van der Waals surface area contributed by atoms with E-state index in [0.717, 1.165) is 65.7 Å². The summed E-state index contributed by atoms with van der Waals surface area (Å²) in [5, 5.41) is 0.585. The minimum absolute atomic E-state index is 0.00769. The smallest absolute Gasteiger partial charge is 0.277 e. The molecule has 5 rings (SSSR count). The summed E-state index contributed by atoms with van der Waals surface area (Å²) >= 11 is 7.38. The summed E-state index contributed by atoms with van der Waals surface area (Å²) in [5.74, 6) is 0.837. The van der Waals surface area contributed by atoms with E-state index in [1.54, 1.807) is 23.3 Å². The van der Waals surface area contributed by atoms with Crippen LogP contribution in [0, 0.1) is 0 Å². The number of hydrogen-bond acceptors (Lipinski definition) is 6. The number of amides is 1. The van der Waals surface area contributed by atoms with Crippen LogP contribution < -0.4 is 4.74 Å². The Labute approximate surface area is 184 Å². The molecular formula is C22H23N3O3S2. The fraction of sp³-hybridized carbons (Fsp3) is 0.364. The molecule has 4 heterocycles. The predicted octanol–water partition coefficient (Wildman–Crippen LogP) is 3.69. The van der Waals surface area contributed by atoms with Crippen molar-refractivity contribution in [1.82, 2.24) is 14.4 Å². The van der Waals surface area contributed by atoms with Crippen molar-refractivity contribution in [2.24, 2.45) is 0 Å². The first kappa shape index (κ1) is 19.7. The fourth-order valence-electron chi connectivity index (χ4n) is 4.09. The molecular weight excluding hydrogens is 418 g/mol. The van der Waals surface area contributed by atoms with Gasteiger partial charge in [-0.2, -0.15) is 0 Å². The largest absolute Gasteiger partial charge is 0.497 e. The molecule has 3 aromatic rings. The van der Waals surface area contributed by atoms with Crippen LogP contribution in [0.25, 0.3) is 20.7 Å². The van der Waals surface area contributed by atoms with Crippen molar-refractivity contribution in [3.8, 4) is 16.2 Å². The summed E-state index contributed by atoms with van der Waals surface area (Å²) in [4.78, 5) is 18.2. The van der Waals surface area contributed by atoms with E-state index >= 15 is 0 Å². The number of fused-ring (bicyclic) bond motifs is 3. The van der Waals surface area contributed by atoms with E-state index in [-0.39, 0.29) is 5.91 Å². The molecule has 0 unspecified atom stereocenters. The fourth-order valence-corrected chi connectivity index (χ4v) is 5.54. The van der Waals surface area contributed by atoms with Crippen molar-refractivity contribution < 1.29 is 14.3 Å². The maximum atomic E-state index is 13.0. The Morgan fingerprint density at radius 1 is 1.17 bits per heavy atom. The molecule has 6 nitrogen and oxygen atoms in total. The minimum atomic E-state index is 0.00769. The molecule has 1 saturated heterocycles. The second-order valence-corrected chi connectivity index (χ2v) is 8.95. The topological polar surface area (TPSA) is 46.9 Å². The third-order valence-electron chi connectivity index (χ3n) is 5.69. The van der Waals surface area contributed by atoms with Crippen LogP contribution in [0.3, 0.4) is 0 Å². The van der Waals surface area contributed by atoms with Gasteiger partial charge in [0, 0.05) is 31.1 Å². The highest BCUT2D eigenvalue weighted by atomic mass is 32.1. The van der Waals surface area contributed by atoms with E-state index in [0.29, 0.717) is 17.4 Å². The third-order valence-corrected chi connectivity index (χ3v) is 7.21. The number of aromatic nitrogens is 1. The molecule has 0 spiro atoms. The van der Waals surface area contributed by atoms with Crippen LogP contribution >= 0.6 is 23.6 Å². The van der Waals surface area contributed by atoms with Crippen molar-refractivity contribution in [3.63, 3.8) is 0 Å². The first-order valence-electron chi connectivity index (χ1n) is 10.1. The van der Waals surface area contributed by atoms with Gasteiger partial charge in [-0.1, -0.05) is 12.1 Å². The predicted molar refractivity (Wildman–Crippen MR) is 123 cm³/mol. The molecule has 2 aliphatic rings. The first-order valence-corrected chi connectivity index (χ1v) is 11.3. The number of thiocarbonyl (C=S) groups is 1. The van der Waals surface area contributed by atoms with Crippen molar-refractivity contribution in [2.75, 3.05) is 46.5 Å². The van der Waals surface area contributed by atoms with Gasteiger partial charge in [-0.3, -0.25) is 19.2 Å². The summed E-state index contributed by atoms with van der Waals surface area (Å²) < 4.78 is 13.8. The average Bonchev–Trinajstić information content (AvgIpc) is 3.40. The zero-order valence-electron chi connectivity index (χ0n) is 16.8. The standard InChI is InChI=1S/C22H23N3O3S2/c1-27-16-5-2-4-15(12-16)19-13-17-20(30-19)14-18-21(26)24(22(29)25(17)18)7-3-6-23-8-10-28-11-9-23/h2,4-5,12-14H,3,6-11H2,1H3. The van der Waals surface area contributed by atoms with Crippen molar-refractivity contribution in [2.45, 2.75) is 6.42 Å². The van der Waals surface area contributed by atoms with Crippen LogP contribution in [-0.4, -0.2) is 71.9 Å². The summed E-state index contributed by atoms with van der Waals surface area (Å²) in [6.45, 7) is 5.10. The van der Waals surface area contributed by atoms with Gasteiger partial charge in [-0.05, 0) is 48.5 Å². The lowest BCUT2D eigenvalue weighted by Gasteiger charge is -2.27. The van der Waals surface area contributed by atoms with Gasteiger partial charge in [-0.15, -0.1) is 11.3 Å². The number of carbonyl (C=O) groups excluding carboxylic acids is 1. The second-order valence-electron chi connectivity index (χ2n) is 7.50. The SMILES string of the molecule is COc1cccc(-c2cc3c(cc4n3C(=S)N(CCCN3CCOCC3)C4=O)s2)c1. The maximum Gasteiger partial charge on any atom is 0.277 e. The molecule has 2 aliphatic heterocycles. The second kappa shape index (κ2) is 8.11. The van der Waals surface area contributed by atoms with Crippen LogP contribution in [0.4, 0.5) is 0 Å². The number of morpholine rings is 1. The van der Waals surface area contributed by atoms with Crippen LogP contribution in [0.15, 0.2) is 36.4 Å². The number of ether oxygens (including phenoxy) is 2. The number of nitrogens with zero attached hydrogens (tertiary/aromatic N) is 3. The van der Waals surface area contributed by atoms with Crippen molar-refractivity contribution in [3.05, 3.63) is 42.1 Å². The van der Waals surface area contributed by atoms with Gasteiger partial charge in [0.15, 0.2) is 5.11 Å². The average molecular weight is 442 g/mol. The molecule has 0 atom stereocenters. The molecule has 156 valence electrons. The number of methoxy groups -OCH3 is 1. The number of carbonyl (C=O) groups is 1. The lowest BCUT2D eigenvalue weighted by atomic mass is 10.2. The Hall–Kier alpha value is -2.26. The molecule has 30 heavy (non-hydrogen) atoms. The van der Waals surface area contributed by atoms with Crippen LogP contribution in [0.2, 0.25) is 0 Å². The molecule has 1 aromatic carbocycles. The van der Waals surface area contributed by atoms with Crippen LogP contribution in [-0.2, 0) is 4.74 Å². The highest BCUT2D eigenvalue weighted by Gasteiger charge is 2.34. The van der Waals surface area contributed by atoms with E-state index in [1.165, 1.54) is 0 Å². The Balaban J connectivity index is 1.35. The Morgan fingerprint density at radius 2 is 2.00 bits per heavy atom. The van der Waals surface area contributed by atoms with Gasteiger partial charge >= 0.3 is 0 Å². The highest BCUT2D eigenvalue weighted by molar-refractivity contribution is 7.80. The van der Waals surface area contributed by atoms with Gasteiger partial charge < -0.3 is 9.47 Å². The third kappa shape index (κ3) is 3.43. The normalized spacial score (nSPS) is 17.2.